The first kappa shape index (κ1) is 19.4. The van der Waals surface area contributed by atoms with Gasteiger partial charge >= 0.3 is 0 Å². The fourth-order valence-electron chi connectivity index (χ4n) is 5.32. The van der Waals surface area contributed by atoms with Crippen molar-refractivity contribution in [2.75, 3.05) is 13.1 Å². The second kappa shape index (κ2) is 7.34. The van der Waals surface area contributed by atoms with E-state index in [1.165, 1.54) is 49.9 Å². The molecule has 3 heteroatoms. The van der Waals surface area contributed by atoms with Crippen molar-refractivity contribution in [3.63, 3.8) is 0 Å². The second-order valence-corrected chi connectivity index (χ2v) is 9.81. The molecular formula is C23H38N2O. The molecule has 1 unspecified atom stereocenters. The number of fused-ring (bicyclic) bond motifs is 2. The molecule has 1 aromatic carbocycles. The maximum absolute atomic E-state index is 11.6. The molecule has 1 fully saturated rings. The van der Waals surface area contributed by atoms with Gasteiger partial charge in [-0.3, -0.25) is 4.79 Å². The summed E-state index contributed by atoms with van der Waals surface area (Å²) in [5.74, 6) is 0.0755. The Labute approximate surface area is 161 Å². The van der Waals surface area contributed by atoms with Crippen LogP contribution in [-0.4, -0.2) is 29.9 Å². The van der Waals surface area contributed by atoms with Gasteiger partial charge in [-0.2, -0.15) is 0 Å². The molecule has 1 heterocycles. The zero-order valence-corrected chi connectivity index (χ0v) is 17.3. The van der Waals surface area contributed by atoms with Gasteiger partial charge in [-0.25, -0.2) is 0 Å². The zero-order valence-electron chi connectivity index (χ0n) is 17.3. The number of likely N-dealkylation sites (tertiary alicyclic amines) is 1. The van der Waals surface area contributed by atoms with Crippen molar-refractivity contribution in [3.8, 4) is 0 Å². The monoisotopic (exact) mass is 358 g/mol. The topological polar surface area (TPSA) is 32.3 Å². The van der Waals surface area contributed by atoms with Crippen LogP contribution in [0.1, 0.15) is 85.3 Å². The maximum atomic E-state index is 11.6. The van der Waals surface area contributed by atoms with E-state index in [0.717, 1.165) is 6.42 Å². The third-order valence-corrected chi connectivity index (χ3v) is 6.48. The van der Waals surface area contributed by atoms with Crippen LogP contribution in [0.3, 0.4) is 0 Å². The van der Waals surface area contributed by atoms with Gasteiger partial charge in [0.15, 0.2) is 0 Å². The van der Waals surface area contributed by atoms with Crippen LogP contribution in [0.15, 0.2) is 24.3 Å². The molecule has 2 atom stereocenters. The number of carbonyl (C=O) groups excluding carboxylic acids is 1. The highest BCUT2D eigenvalue weighted by Crippen LogP contribution is 2.48. The van der Waals surface area contributed by atoms with Crippen LogP contribution >= 0.6 is 0 Å². The fraction of sp³-hybridized carbons (Fsp3) is 0.696. The summed E-state index contributed by atoms with van der Waals surface area (Å²) in [7, 11) is 0. The molecule has 146 valence electrons. The molecule has 0 saturated carbocycles. The molecule has 1 aromatic rings. The van der Waals surface area contributed by atoms with E-state index in [9.17, 15) is 4.79 Å². The van der Waals surface area contributed by atoms with Gasteiger partial charge in [-0.15, -0.1) is 0 Å². The van der Waals surface area contributed by atoms with Gasteiger partial charge in [0, 0.05) is 14.4 Å². The normalized spacial score (nSPS) is 24.1. The summed E-state index contributed by atoms with van der Waals surface area (Å²) in [6.07, 6.45) is 5.99. The first-order valence-electron chi connectivity index (χ1n) is 10.3. The summed E-state index contributed by atoms with van der Waals surface area (Å²) in [5, 5.41) is 3.16. The Kier molecular flexibility index (Phi) is 5.48. The van der Waals surface area contributed by atoms with E-state index in [4.69, 9.17) is 0 Å². The largest absolute Gasteiger partial charge is 0.350 e. The first-order valence-corrected chi connectivity index (χ1v) is 10.3. The molecule has 0 bridgehead atoms. The van der Waals surface area contributed by atoms with E-state index in [2.05, 4.69) is 62.2 Å². The van der Waals surface area contributed by atoms with Crippen molar-refractivity contribution in [2.24, 2.45) is 5.41 Å². The Morgan fingerprint density at radius 1 is 1.27 bits per heavy atom. The fourth-order valence-corrected chi connectivity index (χ4v) is 5.32. The number of piperidine rings is 1. The SMILES string of the molecule is CC(=O)N[C@H]1CCC2(CCN(C(C)CC(C)(C)C)CC2)c2ccccc21.[HH]. The quantitative estimate of drug-likeness (QED) is 0.819. The molecule has 1 aliphatic carbocycles. The molecule has 0 aromatic heterocycles. The smallest absolute Gasteiger partial charge is 0.217 e. The minimum atomic E-state index is 0. The Morgan fingerprint density at radius 3 is 2.54 bits per heavy atom. The lowest BCUT2D eigenvalue weighted by molar-refractivity contribution is -0.119. The summed E-state index contributed by atoms with van der Waals surface area (Å²) in [6, 6.07) is 9.67. The predicted molar refractivity (Wildman–Crippen MR) is 110 cm³/mol. The number of amides is 1. The summed E-state index contributed by atoms with van der Waals surface area (Å²) in [4.78, 5) is 14.3. The lowest BCUT2D eigenvalue weighted by atomic mass is 9.63. The number of benzene rings is 1. The van der Waals surface area contributed by atoms with Gasteiger partial charge in [0.1, 0.15) is 0 Å². The van der Waals surface area contributed by atoms with Crippen LogP contribution in [0.2, 0.25) is 0 Å². The van der Waals surface area contributed by atoms with Crippen LogP contribution in [0.4, 0.5) is 0 Å². The van der Waals surface area contributed by atoms with Gasteiger partial charge in [0.05, 0.1) is 6.04 Å². The predicted octanol–water partition coefficient (Wildman–Crippen LogP) is 5.06. The van der Waals surface area contributed by atoms with Crippen LogP contribution in [0.25, 0.3) is 0 Å². The Balaban J connectivity index is 0.00000261. The van der Waals surface area contributed by atoms with Crippen LogP contribution in [-0.2, 0) is 10.2 Å². The first-order chi connectivity index (χ1) is 12.2. The van der Waals surface area contributed by atoms with Gasteiger partial charge in [-0.1, -0.05) is 45.0 Å². The summed E-state index contributed by atoms with van der Waals surface area (Å²) in [6.45, 7) is 13.4. The van der Waals surface area contributed by atoms with Gasteiger partial charge in [0.2, 0.25) is 5.91 Å². The van der Waals surface area contributed by atoms with Gasteiger partial charge in [-0.05, 0) is 74.1 Å². The van der Waals surface area contributed by atoms with Crippen molar-refractivity contribution < 1.29 is 6.22 Å². The molecule has 1 saturated heterocycles. The van der Waals surface area contributed by atoms with Crippen LogP contribution in [0.5, 0.6) is 0 Å². The standard InChI is InChI=1S/C23H36N2O.H2/c1-17(16-22(3,4)5)25-14-12-23(13-15-25)11-10-21(24-18(2)26)19-8-6-7-9-20(19)23;/h6-9,17,21H,10-16H2,1-5H3,(H,24,26);1H/t17?,21-;/m0./s1. The van der Waals surface area contributed by atoms with Crippen molar-refractivity contribution in [3.05, 3.63) is 35.4 Å². The molecule has 3 nitrogen and oxygen atoms in total. The third kappa shape index (κ3) is 4.14. The average molecular weight is 359 g/mol. The highest BCUT2D eigenvalue weighted by molar-refractivity contribution is 5.73. The number of nitrogens with zero attached hydrogens (tertiary/aromatic N) is 1. The molecule has 1 aliphatic heterocycles. The van der Waals surface area contributed by atoms with Crippen molar-refractivity contribution in [1.29, 1.82) is 0 Å². The highest BCUT2D eigenvalue weighted by Gasteiger charge is 2.42. The van der Waals surface area contributed by atoms with Crippen molar-refractivity contribution in [2.45, 2.75) is 84.2 Å². The minimum Gasteiger partial charge on any atom is -0.350 e. The number of rotatable bonds is 3. The number of hydrogen-bond acceptors (Lipinski definition) is 2. The molecule has 3 rings (SSSR count). The summed E-state index contributed by atoms with van der Waals surface area (Å²) in [5.41, 5.74) is 3.54. The maximum Gasteiger partial charge on any atom is 0.217 e. The molecule has 1 N–H and O–H groups in total. The van der Waals surface area contributed by atoms with Crippen molar-refractivity contribution in [1.82, 2.24) is 10.2 Å². The number of nitrogens with one attached hydrogen (secondary N) is 1. The van der Waals surface area contributed by atoms with E-state index in [1.54, 1.807) is 6.92 Å². The molecular weight excluding hydrogens is 320 g/mol. The number of hydrogen-bond donors (Lipinski definition) is 1. The van der Waals surface area contributed by atoms with E-state index >= 15 is 0 Å². The molecule has 1 amide bonds. The van der Waals surface area contributed by atoms with Crippen LogP contribution < -0.4 is 5.32 Å². The van der Waals surface area contributed by atoms with E-state index in [-0.39, 0.29) is 13.4 Å². The Bertz CT molecular complexity index is 644. The second-order valence-electron chi connectivity index (χ2n) is 9.81. The van der Waals surface area contributed by atoms with E-state index in [1.807, 2.05) is 0 Å². The van der Waals surface area contributed by atoms with Crippen molar-refractivity contribution >= 4 is 5.91 Å². The molecule has 2 aliphatic rings. The molecule has 26 heavy (non-hydrogen) atoms. The number of carbonyl (C=O) groups is 1. The van der Waals surface area contributed by atoms with E-state index < -0.39 is 0 Å². The Morgan fingerprint density at radius 2 is 1.92 bits per heavy atom. The van der Waals surface area contributed by atoms with Gasteiger partial charge < -0.3 is 10.2 Å². The Hall–Kier alpha value is -1.35. The molecule has 0 radical (unpaired) electrons. The lowest BCUT2D eigenvalue weighted by Gasteiger charge is -2.49. The zero-order chi connectivity index (χ0) is 18.9. The summed E-state index contributed by atoms with van der Waals surface area (Å²) < 4.78 is 0. The minimum absolute atomic E-state index is 0. The highest BCUT2D eigenvalue weighted by atomic mass is 16.1. The van der Waals surface area contributed by atoms with Crippen LogP contribution in [0, 0.1) is 5.41 Å². The summed E-state index contributed by atoms with van der Waals surface area (Å²) >= 11 is 0. The third-order valence-electron chi connectivity index (χ3n) is 6.48. The molecule has 1 spiro atoms. The van der Waals surface area contributed by atoms with Gasteiger partial charge in [0.25, 0.3) is 0 Å². The van der Waals surface area contributed by atoms with E-state index in [0.29, 0.717) is 16.9 Å². The lowest BCUT2D eigenvalue weighted by Crippen LogP contribution is -2.49. The average Bonchev–Trinajstić information content (AvgIpc) is 2.57.